The lowest BCUT2D eigenvalue weighted by Gasteiger charge is -1.81. The lowest BCUT2D eigenvalue weighted by molar-refractivity contribution is 1.26. The molecule has 4 heteroatoms. The summed E-state index contributed by atoms with van der Waals surface area (Å²) in [6.45, 7) is 1.91. The third-order valence-corrected chi connectivity index (χ3v) is 2.38. The number of rotatable bonds is 1. The van der Waals surface area contributed by atoms with E-state index in [0.29, 0.717) is 5.13 Å². The summed E-state index contributed by atoms with van der Waals surface area (Å²) < 4.78 is 0. The molecule has 64 valence electrons. The molecule has 1 heterocycles. The highest BCUT2D eigenvalue weighted by molar-refractivity contribution is 7.80. The molecule has 0 saturated carbocycles. The highest BCUT2D eigenvalue weighted by atomic mass is 32.1. The molecule has 1 aromatic heterocycles. The van der Waals surface area contributed by atoms with Crippen LogP contribution in [0.25, 0.3) is 0 Å². The first kappa shape index (κ1) is 9.43. The topological polar surface area (TPSA) is 38.9 Å². The first-order valence-electron chi connectivity index (χ1n) is 3.56. The molecule has 0 saturated heterocycles. The molecule has 1 rings (SSSR count). The van der Waals surface area contributed by atoms with Crippen LogP contribution in [0.15, 0.2) is 0 Å². The van der Waals surface area contributed by atoms with Gasteiger partial charge in [-0.1, -0.05) is 23.2 Å². The maximum Gasteiger partial charge on any atom is 0.181 e. The SMILES string of the molecule is Cc1nc(N)sc1C#CCCS. The van der Waals surface area contributed by atoms with Crippen LogP contribution in [-0.2, 0) is 0 Å². The number of hydrogen-bond donors (Lipinski definition) is 2. The monoisotopic (exact) mass is 198 g/mol. The summed E-state index contributed by atoms with van der Waals surface area (Å²) >= 11 is 5.49. The standard InChI is InChI=1S/C8H10N2S2/c1-6-7(4-2-3-5-11)12-8(9)10-6/h11H,3,5H2,1H3,(H2,9,10). The highest BCUT2D eigenvalue weighted by Gasteiger charge is 2.00. The van der Waals surface area contributed by atoms with Crippen LogP contribution in [0.5, 0.6) is 0 Å². The van der Waals surface area contributed by atoms with Gasteiger partial charge in [0, 0.05) is 12.2 Å². The Balaban J connectivity index is 2.76. The zero-order valence-electron chi connectivity index (χ0n) is 6.79. The second-order valence-electron chi connectivity index (χ2n) is 2.24. The molecular formula is C8H10N2S2. The predicted molar refractivity (Wildman–Crippen MR) is 56.6 cm³/mol. The average Bonchev–Trinajstić information content (AvgIpc) is 2.31. The second-order valence-corrected chi connectivity index (χ2v) is 3.72. The normalized spacial score (nSPS) is 9.17. The van der Waals surface area contributed by atoms with Crippen LogP contribution in [0, 0.1) is 18.8 Å². The van der Waals surface area contributed by atoms with E-state index in [1.54, 1.807) is 0 Å². The molecule has 0 spiro atoms. The van der Waals surface area contributed by atoms with E-state index in [-0.39, 0.29) is 0 Å². The predicted octanol–water partition coefficient (Wildman–Crippen LogP) is 1.71. The van der Waals surface area contributed by atoms with Crippen molar-refractivity contribution in [2.75, 3.05) is 11.5 Å². The third kappa shape index (κ3) is 2.43. The van der Waals surface area contributed by atoms with E-state index in [0.717, 1.165) is 22.7 Å². The lowest BCUT2D eigenvalue weighted by Crippen LogP contribution is -1.80. The van der Waals surface area contributed by atoms with Crippen molar-refractivity contribution in [3.05, 3.63) is 10.6 Å². The maximum absolute atomic E-state index is 5.51. The van der Waals surface area contributed by atoms with Crippen LogP contribution < -0.4 is 5.73 Å². The summed E-state index contributed by atoms with van der Waals surface area (Å²) in [6, 6.07) is 0. The molecule has 0 unspecified atom stereocenters. The van der Waals surface area contributed by atoms with Gasteiger partial charge in [0.05, 0.1) is 5.69 Å². The van der Waals surface area contributed by atoms with Gasteiger partial charge in [0.15, 0.2) is 5.13 Å². The van der Waals surface area contributed by atoms with Crippen LogP contribution in [0.3, 0.4) is 0 Å². The molecule has 1 aromatic rings. The number of aromatic nitrogens is 1. The number of nitrogens with two attached hydrogens (primary N) is 1. The van der Waals surface area contributed by atoms with Gasteiger partial charge in [-0.2, -0.15) is 12.6 Å². The Morgan fingerprint density at radius 3 is 2.92 bits per heavy atom. The van der Waals surface area contributed by atoms with E-state index < -0.39 is 0 Å². The smallest absolute Gasteiger partial charge is 0.181 e. The summed E-state index contributed by atoms with van der Waals surface area (Å²) in [5.41, 5.74) is 6.43. The van der Waals surface area contributed by atoms with E-state index in [2.05, 4.69) is 29.5 Å². The zero-order chi connectivity index (χ0) is 8.97. The van der Waals surface area contributed by atoms with Crippen molar-refractivity contribution in [2.45, 2.75) is 13.3 Å². The number of anilines is 1. The summed E-state index contributed by atoms with van der Waals surface area (Å²) in [4.78, 5) is 5.03. The highest BCUT2D eigenvalue weighted by Crippen LogP contribution is 2.17. The fraction of sp³-hybridized carbons (Fsp3) is 0.375. The van der Waals surface area contributed by atoms with Crippen molar-refractivity contribution in [3.63, 3.8) is 0 Å². The molecule has 2 nitrogen and oxygen atoms in total. The quantitative estimate of drug-likeness (QED) is 0.532. The van der Waals surface area contributed by atoms with Gasteiger partial charge in [-0.15, -0.1) is 0 Å². The van der Waals surface area contributed by atoms with Gasteiger partial charge in [0.2, 0.25) is 0 Å². The minimum absolute atomic E-state index is 0.586. The Morgan fingerprint density at radius 2 is 2.42 bits per heavy atom. The number of hydrogen-bond acceptors (Lipinski definition) is 4. The van der Waals surface area contributed by atoms with Gasteiger partial charge in [-0.25, -0.2) is 4.98 Å². The number of thiol groups is 1. The molecule has 2 N–H and O–H groups in total. The fourth-order valence-electron chi connectivity index (χ4n) is 0.732. The van der Waals surface area contributed by atoms with Crippen LogP contribution in [0.1, 0.15) is 17.0 Å². The first-order chi connectivity index (χ1) is 5.74. The molecule has 12 heavy (non-hydrogen) atoms. The summed E-state index contributed by atoms with van der Waals surface area (Å²) in [5.74, 6) is 6.80. The molecule has 0 atom stereocenters. The average molecular weight is 198 g/mol. The van der Waals surface area contributed by atoms with Gasteiger partial charge in [-0.05, 0) is 6.92 Å². The molecule has 0 bridgehead atoms. The van der Waals surface area contributed by atoms with Crippen LogP contribution in [0.4, 0.5) is 5.13 Å². The molecule has 0 aliphatic rings. The Labute approximate surface area is 81.6 Å². The van der Waals surface area contributed by atoms with Crippen molar-refractivity contribution in [1.82, 2.24) is 4.98 Å². The van der Waals surface area contributed by atoms with Gasteiger partial charge < -0.3 is 5.73 Å². The Hall–Kier alpha value is -0.660. The van der Waals surface area contributed by atoms with Gasteiger partial charge >= 0.3 is 0 Å². The Bertz CT molecular complexity index is 320. The summed E-state index contributed by atoms with van der Waals surface area (Å²) in [5, 5.41) is 0.586. The second kappa shape index (κ2) is 4.39. The summed E-state index contributed by atoms with van der Waals surface area (Å²) in [7, 11) is 0. The first-order valence-corrected chi connectivity index (χ1v) is 5.01. The minimum Gasteiger partial charge on any atom is -0.375 e. The van der Waals surface area contributed by atoms with Crippen LogP contribution in [0.2, 0.25) is 0 Å². The molecule has 0 radical (unpaired) electrons. The number of nitrogens with zero attached hydrogens (tertiary/aromatic N) is 1. The van der Waals surface area contributed by atoms with Crippen molar-refractivity contribution >= 4 is 29.1 Å². The molecular weight excluding hydrogens is 188 g/mol. The van der Waals surface area contributed by atoms with E-state index in [4.69, 9.17) is 5.73 Å². The maximum atomic E-state index is 5.51. The van der Waals surface area contributed by atoms with Crippen molar-refractivity contribution in [3.8, 4) is 11.8 Å². The molecule has 0 aliphatic carbocycles. The molecule has 0 aromatic carbocycles. The third-order valence-electron chi connectivity index (χ3n) is 1.25. The van der Waals surface area contributed by atoms with Crippen LogP contribution in [-0.4, -0.2) is 10.7 Å². The number of aryl methyl sites for hydroxylation is 1. The molecule has 0 aliphatic heterocycles. The molecule has 0 amide bonds. The van der Waals surface area contributed by atoms with E-state index in [1.807, 2.05) is 6.92 Å². The largest absolute Gasteiger partial charge is 0.375 e. The fourth-order valence-corrected chi connectivity index (χ4v) is 1.55. The lowest BCUT2D eigenvalue weighted by atomic mass is 10.4. The van der Waals surface area contributed by atoms with Crippen molar-refractivity contribution in [1.29, 1.82) is 0 Å². The number of nitrogen functional groups attached to an aromatic ring is 1. The van der Waals surface area contributed by atoms with Crippen molar-refractivity contribution < 1.29 is 0 Å². The van der Waals surface area contributed by atoms with Gasteiger partial charge in [0.1, 0.15) is 4.88 Å². The van der Waals surface area contributed by atoms with Crippen LogP contribution >= 0.6 is 24.0 Å². The number of thiazole rings is 1. The Morgan fingerprint density at radius 1 is 1.67 bits per heavy atom. The van der Waals surface area contributed by atoms with E-state index in [1.165, 1.54) is 11.3 Å². The molecule has 0 fully saturated rings. The minimum atomic E-state index is 0.586. The van der Waals surface area contributed by atoms with Gasteiger partial charge in [-0.3, -0.25) is 0 Å². The summed E-state index contributed by atoms with van der Waals surface area (Å²) in [6.07, 6.45) is 0.806. The van der Waals surface area contributed by atoms with E-state index >= 15 is 0 Å². The van der Waals surface area contributed by atoms with Gasteiger partial charge in [0.25, 0.3) is 0 Å². The van der Waals surface area contributed by atoms with E-state index in [9.17, 15) is 0 Å². The zero-order valence-corrected chi connectivity index (χ0v) is 8.51. The van der Waals surface area contributed by atoms with Crippen molar-refractivity contribution in [2.24, 2.45) is 0 Å². The Kier molecular flexibility index (Phi) is 3.45.